The van der Waals surface area contributed by atoms with Crippen molar-refractivity contribution in [3.63, 3.8) is 0 Å². The summed E-state index contributed by atoms with van der Waals surface area (Å²) >= 11 is 5.91. The Morgan fingerprint density at radius 3 is 2.58 bits per heavy atom. The molecule has 6 heteroatoms. The van der Waals surface area contributed by atoms with Gasteiger partial charge in [-0.1, -0.05) is 41.9 Å². The zero-order valence-electron chi connectivity index (χ0n) is 13.0. The summed E-state index contributed by atoms with van der Waals surface area (Å²) in [6.45, 7) is 1.77. The van der Waals surface area contributed by atoms with Crippen LogP contribution in [0.3, 0.4) is 0 Å². The number of benzene rings is 2. The fourth-order valence-corrected chi connectivity index (χ4v) is 2.37. The van der Waals surface area contributed by atoms with Gasteiger partial charge in [0.15, 0.2) is 6.61 Å². The average Bonchev–Trinajstić information content (AvgIpc) is 2.95. The lowest BCUT2D eigenvalue weighted by Gasteiger charge is -2.08. The van der Waals surface area contributed by atoms with Crippen LogP contribution in [0.25, 0.3) is 11.3 Å². The van der Waals surface area contributed by atoms with E-state index in [4.69, 9.17) is 16.3 Å². The van der Waals surface area contributed by atoms with Gasteiger partial charge in [0.25, 0.3) is 5.91 Å². The topological polar surface area (TPSA) is 67.0 Å². The first kappa shape index (κ1) is 16.1. The Kier molecular flexibility index (Phi) is 4.82. The molecule has 3 aromatic rings. The number of para-hydroxylation sites is 1. The highest BCUT2D eigenvalue weighted by molar-refractivity contribution is 6.30. The summed E-state index contributed by atoms with van der Waals surface area (Å²) in [5.74, 6) is 0.396. The molecule has 24 heavy (non-hydrogen) atoms. The Balaban J connectivity index is 1.72. The highest BCUT2D eigenvalue weighted by atomic mass is 35.5. The van der Waals surface area contributed by atoms with Gasteiger partial charge in [-0.05, 0) is 31.2 Å². The zero-order chi connectivity index (χ0) is 16.9. The second-order valence-electron chi connectivity index (χ2n) is 5.23. The number of nitrogens with one attached hydrogen (secondary N) is 2. The largest absolute Gasteiger partial charge is 0.484 e. The summed E-state index contributed by atoms with van der Waals surface area (Å²) < 4.78 is 5.46. The van der Waals surface area contributed by atoms with Crippen molar-refractivity contribution in [3.05, 3.63) is 65.3 Å². The van der Waals surface area contributed by atoms with Crippen molar-refractivity contribution in [2.45, 2.75) is 6.92 Å². The summed E-state index contributed by atoms with van der Waals surface area (Å²) in [6.07, 6.45) is 0. The molecule has 0 fully saturated rings. The van der Waals surface area contributed by atoms with Crippen LogP contribution in [-0.4, -0.2) is 22.7 Å². The third-order valence-electron chi connectivity index (χ3n) is 3.44. The lowest BCUT2D eigenvalue weighted by atomic mass is 10.1. The quantitative estimate of drug-likeness (QED) is 0.735. The molecule has 1 heterocycles. The average molecular weight is 342 g/mol. The molecule has 0 aliphatic rings. The Hall–Kier alpha value is -2.79. The van der Waals surface area contributed by atoms with Crippen LogP contribution in [0.4, 0.5) is 5.69 Å². The van der Waals surface area contributed by atoms with Crippen LogP contribution in [0.15, 0.2) is 54.6 Å². The molecule has 1 amide bonds. The summed E-state index contributed by atoms with van der Waals surface area (Å²) in [5.41, 5.74) is 2.94. The number of nitrogens with zero attached hydrogens (tertiary/aromatic N) is 1. The first-order valence-electron chi connectivity index (χ1n) is 7.42. The predicted octanol–water partition coefficient (Wildman–Crippen LogP) is 4.06. The third-order valence-corrected chi connectivity index (χ3v) is 3.69. The second-order valence-corrected chi connectivity index (χ2v) is 5.67. The van der Waals surface area contributed by atoms with E-state index in [1.54, 1.807) is 24.3 Å². The van der Waals surface area contributed by atoms with Crippen molar-refractivity contribution in [3.8, 4) is 17.0 Å². The minimum absolute atomic E-state index is 0.0747. The number of aryl methyl sites for hydroxylation is 1. The van der Waals surface area contributed by atoms with Crippen molar-refractivity contribution in [1.82, 2.24) is 10.2 Å². The maximum Gasteiger partial charge on any atom is 0.262 e. The molecular weight excluding hydrogens is 326 g/mol. The van der Waals surface area contributed by atoms with Crippen LogP contribution < -0.4 is 10.1 Å². The molecule has 0 bridgehead atoms. The van der Waals surface area contributed by atoms with Gasteiger partial charge in [-0.3, -0.25) is 9.89 Å². The van der Waals surface area contributed by atoms with Crippen molar-refractivity contribution in [2.24, 2.45) is 0 Å². The van der Waals surface area contributed by atoms with E-state index in [0.717, 1.165) is 11.3 Å². The van der Waals surface area contributed by atoms with Gasteiger partial charge >= 0.3 is 0 Å². The number of hydrogen-bond acceptors (Lipinski definition) is 3. The molecule has 0 saturated carbocycles. The monoisotopic (exact) mass is 341 g/mol. The molecule has 1 aromatic heterocycles. The van der Waals surface area contributed by atoms with E-state index in [9.17, 15) is 4.79 Å². The Labute approximate surface area is 144 Å². The number of hydrogen-bond donors (Lipinski definition) is 2. The SMILES string of the molecule is Cc1[nH]nc(-c2ccc(Cl)cc2)c1NC(=O)COc1ccccc1. The summed E-state index contributed by atoms with van der Waals surface area (Å²) in [7, 11) is 0. The Morgan fingerprint density at radius 2 is 1.88 bits per heavy atom. The number of carbonyl (C=O) groups excluding carboxylic acids is 1. The smallest absolute Gasteiger partial charge is 0.262 e. The van der Waals surface area contributed by atoms with Crippen molar-refractivity contribution < 1.29 is 9.53 Å². The molecular formula is C18H16ClN3O2. The molecule has 5 nitrogen and oxygen atoms in total. The van der Waals surface area contributed by atoms with Gasteiger partial charge in [-0.2, -0.15) is 5.10 Å². The molecule has 0 radical (unpaired) electrons. The Morgan fingerprint density at radius 1 is 1.17 bits per heavy atom. The van der Waals surface area contributed by atoms with Gasteiger partial charge in [-0.25, -0.2) is 0 Å². The number of aromatic amines is 1. The van der Waals surface area contributed by atoms with Crippen LogP contribution in [0.1, 0.15) is 5.69 Å². The molecule has 0 unspecified atom stereocenters. The Bertz CT molecular complexity index is 829. The number of H-pyrrole nitrogens is 1. The minimum atomic E-state index is -0.251. The summed E-state index contributed by atoms with van der Waals surface area (Å²) in [6, 6.07) is 16.5. The molecule has 0 spiro atoms. The van der Waals surface area contributed by atoms with Crippen molar-refractivity contribution in [2.75, 3.05) is 11.9 Å². The summed E-state index contributed by atoms with van der Waals surface area (Å²) in [4.78, 5) is 12.2. The van der Waals surface area contributed by atoms with Gasteiger partial charge in [0.2, 0.25) is 0 Å². The summed E-state index contributed by atoms with van der Waals surface area (Å²) in [5, 5.41) is 10.7. The van der Waals surface area contributed by atoms with Crippen LogP contribution >= 0.6 is 11.6 Å². The predicted molar refractivity (Wildman–Crippen MR) is 94.3 cm³/mol. The van der Waals surface area contributed by atoms with E-state index in [1.807, 2.05) is 37.3 Å². The van der Waals surface area contributed by atoms with E-state index < -0.39 is 0 Å². The van der Waals surface area contributed by atoms with E-state index in [-0.39, 0.29) is 12.5 Å². The number of aromatic nitrogens is 2. The number of ether oxygens (including phenoxy) is 1. The molecule has 3 rings (SSSR count). The number of halogens is 1. The van der Waals surface area contributed by atoms with E-state index in [0.29, 0.717) is 22.2 Å². The third kappa shape index (κ3) is 3.75. The minimum Gasteiger partial charge on any atom is -0.484 e. The van der Waals surface area contributed by atoms with Crippen molar-refractivity contribution in [1.29, 1.82) is 0 Å². The van der Waals surface area contributed by atoms with E-state index in [1.165, 1.54) is 0 Å². The number of anilines is 1. The van der Waals surface area contributed by atoms with Gasteiger partial charge in [0.1, 0.15) is 11.4 Å². The molecule has 2 aromatic carbocycles. The number of amides is 1. The lowest BCUT2D eigenvalue weighted by molar-refractivity contribution is -0.118. The van der Waals surface area contributed by atoms with Crippen LogP contribution in [0.2, 0.25) is 5.02 Å². The highest BCUT2D eigenvalue weighted by Gasteiger charge is 2.15. The van der Waals surface area contributed by atoms with E-state index >= 15 is 0 Å². The van der Waals surface area contributed by atoms with Crippen LogP contribution in [0.5, 0.6) is 5.75 Å². The highest BCUT2D eigenvalue weighted by Crippen LogP contribution is 2.29. The normalized spacial score (nSPS) is 10.4. The van der Waals surface area contributed by atoms with Crippen molar-refractivity contribution >= 4 is 23.2 Å². The van der Waals surface area contributed by atoms with Gasteiger partial charge in [0.05, 0.1) is 11.4 Å². The van der Waals surface area contributed by atoms with E-state index in [2.05, 4.69) is 15.5 Å². The van der Waals surface area contributed by atoms with Crippen LogP contribution in [0, 0.1) is 6.92 Å². The van der Waals surface area contributed by atoms with Crippen LogP contribution in [-0.2, 0) is 4.79 Å². The molecule has 0 saturated heterocycles. The maximum atomic E-state index is 12.2. The molecule has 2 N–H and O–H groups in total. The fourth-order valence-electron chi connectivity index (χ4n) is 2.24. The second kappa shape index (κ2) is 7.19. The molecule has 0 aliphatic heterocycles. The van der Waals surface area contributed by atoms with Gasteiger partial charge in [0, 0.05) is 10.6 Å². The molecule has 0 atom stereocenters. The number of rotatable bonds is 5. The van der Waals surface area contributed by atoms with Gasteiger partial charge in [-0.15, -0.1) is 0 Å². The molecule has 0 aliphatic carbocycles. The zero-order valence-corrected chi connectivity index (χ0v) is 13.8. The standard InChI is InChI=1S/C18H16ClN3O2/c1-12-17(18(22-21-12)13-7-9-14(19)10-8-13)20-16(23)11-24-15-5-3-2-4-6-15/h2-10H,11H2,1H3,(H,20,23)(H,21,22). The number of carbonyl (C=O) groups is 1. The van der Waals surface area contributed by atoms with Gasteiger partial charge < -0.3 is 10.1 Å². The molecule has 122 valence electrons. The maximum absolute atomic E-state index is 12.2. The first-order valence-corrected chi connectivity index (χ1v) is 7.80. The fraction of sp³-hybridized carbons (Fsp3) is 0.111. The first-order chi connectivity index (χ1) is 11.6. The lowest BCUT2D eigenvalue weighted by Crippen LogP contribution is -2.20.